The predicted octanol–water partition coefficient (Wildman–Crippen LogP) is 2.45. The van der Waals surface area contributed by atoms with Crippen molar-refractivity contribution in [1.29, 1.82) is 0 Å². The Hall–Kier alpha value is -1.15. The van der Waals surface area contributed by atoms with Gasteiger partial charge in [-0.25, -0.2) is 4.39 Å². The molecule has 0 saturated carbocycles. The fraction of sp³-hybridized carbons (Fsp3) is 0.333. The van der Waals surface area contributed by atoms with E-state index in [1.165, 1.54) is 11.6 Å². The standard InChI is InChI=1S/C12H13FO/c13-11-3-1-2-9(7-11)6-10-4-5-12(14)8-10/h1-3,7-8,12,14H,4-6H2. The van der Waals surface area contributed by atoms with Gasteiger partial charge in [-0.1, -0.05) is 23.8 Å². The van der Waals surface area contributed by atoms with E-state index < -0.39 is 0 Å². The lowest BCUT2D eigenvalue weighted by molar-refractivity contribution is 0.223. The lowest BCUT2D eigenvalue weighted by Crippen LogP contribution is -1.93. The Bertz CT molecular complexity index is 357. The molecule has 0 aromatic heterocycles. The van der Waals surface area contributed by atoms with Gasteiger partial charge in [-0.2, -0.15) is 0 Å². The molecule has 0 fully saturated rings. The summed E-state index contributed by atoms with van der Waals surface area (Å²) in [5.74, 6) is -0.193. The van der Waals surface area contributed by atoms with E-state index in [1.54, 1.807) is 12.1 Å². The molecule has 2 rings (SSSR count). The molecule has 1 aromatic carbocycles. The van der Waals surface area contributed by atoms with Crippen LogP contribution in [0, 0.1) is 5.82 Å². The van der Waals surface area contributed by atoms with Crippen LogP contribution in [0.1, 0.15) is 18.4 Å². The number of aliphatic hydroxyl groups excluding tert-OH is 1. The number of benzene rings is 1. The van der Waals surface area contributed by atoms with Crippen LogP contribution in [0.5, 0.6) is 0 Å². The first kappa shape index (κ1) is 9.41. The van der Waals surface area contributed by atoms with E-state index in [1.807, 2.05) is 12.1 Å². The van der Waals surface area contributed by atoms with Crippen molar-refractivity contribution in [2.24, 2.45) is 0 Å². The molecule has 0 amide bonds. The first-order valence-electron chi connectivity index (χ1n) is 4.86. The largest absolute Gasteiger partial charge is 0.389 e. The van der Waals surface area contributed by atoms with Gasteiger partial charge in [-0.05, 0) is 37.0 Å². The van der Waals surface area contributed by atoms with E-state index in [4.69, 9.17) is 0 Å². The maximum absolute atomic E-state index is 12.8. The number of hydrogen-bond donors (Lipinski definition) is 1. The van der Waals surface area contributed by atoms with Crippen LogP contribution in [0.15, 0.2) is 35.9 Å². The normalized spacial score (nSPS) is 21.0. The molecular weight excluding hydrogens is 179 g/mol. The van der Waals surface area contributed by atoms with E-state index in [0.29, 0.717) is 0 Å². The zero-order chi connectivity index (χ0) is 9.97. The maximum Gasteiger partial charge on any atom is 0.123 e. The summed E-state index contributed by atoms with van der Waals surface area (Å²) in [4.78, 5) is 0. The second-order valence-corrected chi connectivity index (χ2v) is 3.74. The number of aliphatic hydroxyl groups is 1. The maximum atomic E-state index is 12.8. The predicted molar refractivity (Wildman–Crippen MR) is 53.4 cm³/mol. The third-order valence-electron chi connectivity index (χ3n) is 2.51. The van der Waals surface area contributed by atoms with Gasteiger partial charge in [0, 0.05) is 0 Å². The van der Waals surface area contributed by atoms with Crippen LogP contribution in [0.3, 0.4) is 0 Å². The van der Waals surface area contributed by atoms with Gasteiger partial charge < -0.3 is 5.11 Å². The second-order valence-electron chi connectivity index (χ2n) is 3.74. The smallest absolute Gasteiger partial charge is 0.123 e. The molecular formula is C12H13FO. The van der Waals surface area contributed by atoms with Gasteiger partial charge in [0.15, 0.2) is 0 Å². The fourth-order valence-electron chi connectivity index (χ4n) is 1.83. The molecule has 0 bridgehead atoms. The molecule has 0 saturated heterocycles. The quantitative estimate of drug-likeness (QED) is 0.713. The third kappa shape index (κ3) is 2.20. The molecule has 1 aromatic rings. The molecule has 0 heterocycles. The number of allylic oxidation sites excluding steroid dienone is 1. The molecule has 1 aliphatic carbocycles. The Morgan fingerprint density at radius 2 is 2.29 bits per heavy atom. The van der Waals surface area contributed by atoms with Crippen LogP contribution in [0.2, 0.25) is 0 Å². The Morgan fingerprint density at radius 1 is 1.43 bits per heavy atom. The molecule has 1 nitrogen and oxygen atoms in total. The zero-order valence-corrected chi connectivity index (χ0v) is 7.91. The van der Waals surface area contributed by atoms with Gasteiger partial charge in [0.25, 0.3) is 0 Å². The van der Waals surface area contributed by atoms with E-state index in [0.717, 1.165) is 24.8 Å². The summed E-state index contributed by atoms with van der Waals surface area (Å²) in [6.45, 7) is 0. The van der Waals surface area contributed by atoms with E-state index >= 15 is 0 Å². The van der Waals surface area contributed by atoms with Crippen molar-refractivity contribution in [3.8, 4) is 0 Å². The second kappa shape index (κ2) is 3.93. The molecule has 0 spiro atoms. The highest BCUT2D eigenvalue weighted by Crippen LogP contribution is 2.22. The van der Waals surface area contributed by atoms with Crippen molar-refractivity contribution < 1.29 is 9.50 Å². The summed E-state index contributed by atoms with van der Waals surface area (Å²) in [5.41, 5.74) is 2.19. The van der Waals surface area contributed by atoms with Crippen molar-refractivity contribution in [2.75, 3.05) is 0 Å². The zero-order valence-electron chi connectivity index (χ0n) is 7.91. The molecule has 0 aliphatic heterocycles. The highest BCUT2D eigenvalue weighted by Gasteiger charge is 2.12. The van der Waals surface area contributed by atoms with Crippen molar-refractivity contribution in [3.63, 3.8) is 0 Å². The van der Waals surface area contributed by atoms with Crippen LogP contribution >= 0.6 is 0 Å². The average Bonchev–Trinajstić information content (AvgIpc) is 2.51. The first-order chi connectivity index (χ1) is 6.74. The van der Waals surface area contributed by atoms with E-state index in [9.17, 15) is 9.50 Å². The van der Waals surface area contributed by atoms with E-state index in [-0.39, 0.29) is 11.9 Å². The van der Waals surface area contributed by atoms with Gasteiger partial charge in [0.2, 0.25) is 0 Å². The van der Waals surface area contributed by atoms with Crippen molar-refractivity contribution >= 4 is 0 Å². The Labute approximate surface area is 82.9 Å². The Balaban J connectivity index is 2.08. The highest BCUT2D eigenvalue weighted by molar-refractivity contribution is 5.25. The molecule has 1 atom stereocenters. The molecule has 1 N–H and O–H groups in total. The molecule has 2 heteroatoms. The lowest BCUT2D eigenvalue weighted by atomic mass is 10.1. The van der Waals surface area contributed by atoms with Gasteiger partial charge in [-0.3, -0.25) is 0 Å². The van der Waals surface area contributed by atoms with Crippen molar-refractivity contribution in [3.05, 3.63) is 47.3 Å². The fourth-order valence-corrected chi connectivity index (χ4v) is 1.83. The van der Waals surface area contributed by atoms with E-state index in [2.05, 4.69) is 0 Å². The molecule has 0 radical (unpaired) electrons. The van der Waals surface area contributed by atoms with Crippen LogP contribution in [0.25, 0.3) is 0 Å². The lowest BCUT2D eigenvalue weighted by Gasteiger charge is -2.01. The van der Waals surface area contributed by atoms with Crippen LogP contribution < -0.4 is 0 Å². The van der Waals surface area contributed by atoms with Gasteiger partial charge >= 0.3 is 0 Å². The van der Waals surface area contributed by atoms with Gasteiger partial charge in [0.1, 0.15) is 5.82 Å². The monoisotopic (exact) mass is 192 g/mol. The minimum Gasteiger partial charge on any atom is -0.389 e. The van der Waals surface area contributed by atoms with Crippen LogP contribution in [-0.2, 0) is 6.42 Å². The third-order valence-corrected chi connectivity index (χ3v) is 2.51. The molecule has 14 heavy (non-hydrogen) atoms. The summed E-state index contributed by atoms with van der Waals surface area (Å²) < 4.78 is 12.8. The average molecular weight is 192 g/mol. The van der Waals surface area contributed by atoms with Crippen molar-refractivity contribution in [1.82, 2.24) is 0 Å². The molecule has 1 aliphatic rings. The summed E-state index contributed by atoms with van der Waals surface area (Å²) in [7, 11) is 0. The Morgan fingerprint density at radius 3 is 2.93 bits per heavy atom. The minimum atomic E-state index is -0.293. The Kier molecular flexibility index (Phi) is 2.64. The summed E-state index contributed by atoms with van der Waals surface area (Å²) >= 11 is 0. The molecule has 74 valence electrons. The SMILES string of the molecule is OC1C=C(Cc2cccc(F)c2)CC1. The summed E-state index contributed by atoms with van der Waals surface area (Å²) in [5, 5.41) is 9.28. The van der Waals surface area contributed by atoms with Gasteiger partial charge in [0.05, 0.1) is 6.10 Å². The highest BCUT2D eigenvalue weighted by atomic mass is 19.1. The van der Waals surface area contributed by atoms with Gasteiger partial charge in [-0.15, -0.1) is 0 Å². The summed E-state index contributed by atoms with van der Waals surface area (Å²) in [6, 6.07) is 6.62. The minimum absolute atomic E-state index is 0.193. The van der Waals surface area contributed by atoms with Crippen LogP contribution in [0.4, 0.5) is 4.39 Å². The number of halogens is 1. The number of rotatable bonds is 2. The molecule has 1 unspecified atom stereocenters. The van der Waals surface area contributed by atoms with Crippen LogP contribution in [-0.4, -0.2) is 11.2 Å². The summed E-state index contributed by atoms with van der Waals surface area (Å²) in [6.07, 6.45) is 4.08. The van der Waals surface area contributed by atoms with Crippen molar-refractivity contribution in [2.45, 2.75) is 25.4 Å². The topological polar surface area (TPSA) is 20.2 Å². The number of hydrogen-bond acceptors (Lipinski definition) is 1. The first-order valence-corrected chi connectivity index (χ1v) is 4.86.